The monoisotopic (exact) mass is 351 g/mol. The summed E-state index contributed by atoms with van der Waals surface area (Å²) in [6.45, 7) is -0.709. The number of carboxylic acids is 1. The molecule has 1 aliphatic rings. The Kier molecular flexibility index (Phi) is 4.29. The zero-order valence-corrected chi connectivity index (χ0v) is 13.1. The van der Waals surface area contributed by atoms with Gasteiger partial charge in [0.05, 0.1) is 17.9 Å². The number of aliphatic carboxylic acids is 1. The molecular formula is C16H14ClNO6. The first-order valence-electron chi connectivity index (χ1n) is 7.27. The Balaban J connectivity index is 1.70. The zero-order valence-electron chi connectivity index (χ0n) is 12.4. The molecule has 3 unspecified atom stereocenters. The van der Waals surface area contributed by atoms with Crippen molar-refractivity contribution < 1.29 is 29.0 Å². The summed E-state index contributed by atoms with van der Waals surface area (Å²) in [6, 6.07) is 3.46. The minimum Gasteiger partial charge on any atom is -0.480 e. The Morgan fingerprint density at radius 3 is 2.75 bits per heavy atom. The van der Waals surface area contributed by atoms with E-state index >= 15 is 0 Å². The predicted molar refractivity (Wildman–Crippen MR) is 83.8 cm³/mol. The third kappa shape index (κ3) is 3.00. The average Bonchev–Trinajstić information content (AvgIpc) is 3.20. The van der Waals surface area contributed by atoms with Gasteiger partial charge in [-0.05, 0) is 24.6 Å². The lowest BCUT2D eigenvalue weighted by atomic mass is 10.0. The van der Waals surface area contributed by atoms with E-state index in [1.54, 1.807) is 12.1 Å². The molecule has 1 aromatic carbocycles. The van der Waals surface area contributed by atoms with Gasteiger partial charge in [-0.25, -0.2) is 4.79 Å². The van der Waals surface area contributed by atoms with Crippen LogP contribution in [0.15, 0.2) is 28.9 Å². The number of rotatable bonds is 6. The number of halogens is 1. The molecule has 7 nitrogen and oxygen atoms in total. The lowest BCUT2D eigenvalue weighted by molar-refractivity contribution is -0.143. The maximum Gasteiger partial charge on any atom is 0.328 e. The second-order valence-corrected chi connectivity index (χ2v) is 6.10. The van der Waals surface area contributed by atoms with Gasteiger partial charge in [0.15, 0.2) is 11.4 Å². The molecule has 0 saturated heterocycles. The molecule has 1 fully saturated rings. The minimum atomic E-state index is -1.37. The van der Waals surface area contributed by atoms with Crippen LogP contribution in [0.2, 0.25) is 5.02 Å². The Labute approximate surface area is 141 Å². The molecule has 0 aliphatic heterocycles. The molecule has 126 valence electrons. The SMILES string of the molecule is O=C(O)C(CO)NC(=O)C1CC1C(=O)c1cc(Cl)c2occc2c1. The van der Waals surface area contributed by atoms with E-state index in [-0.39, 0.29) is 5.78 Å². The zero-order chi connectivity index (χ0) is 17.4. The van der Waals surface area contributed by atoms with E-state index in [1.165, 1.54) is 12.3 Å². The second kappa shape index (κ2) is 6.26. The van der Waals surface area contributed by atoms with E-state index < -0.39 is 36.4 Å². The van der Waals surface area contributed by atoms with Gasteiger partial charge in [-0.15, -0.1) is 0 Å². The first kappa shape index (κ1) is 16.5. The van der Waals surface area contributed by atoms with Gasteiger partial charge in [-0.1, -0.05) is 11.6 Å². The highest BCUT2D eigenvalue weighted by molar-refractivity contribution is 6.35. The molecule has 1 heterocycles. The molecule has 3 N–H and O–H groups in total. The van der Waals surface area contributed by atoms with Crippen LogP contribution < -0.4 is 5.32 Å². The lowest BCUT2D eigenvalue weighted by Crippen LogP contribution is -2.44. The number of nitrogens with one attached hydrogen (secondary N) is 1. The largest absolute Gasteiger partial charge is 0.480 e. The minimum absolute atomic E-state index is 0.226. The number of furan rings is 1. The van der Waals surface area contributed by atoms with Crippen molar-refractivity contribution in [3.8, 4) is 0 Å². The van der Waals surface area contributed by atoms with Crippen LogP contribution in [0.3, 0.4) is 0 Å². The van der Waals surface area contributed by atoms with Crippen LogP contribution in [0.1, 0.15) is 16.8 Å². The maximum absolute atomic E-state index is 12.5. The molecule has 8 heteroatoms. The third-order valence-electron chi connectivity index (χ3n) is 4.05. The van der Waals surface area contributed by atoms with Crippen molar-refractivity contribution >= 4 is 40.2 Å². The van der Waals surface area contributed by atoms with Gasteiger partial charge in [0, 0.05) is 22.8 Å². The van der Waals surface area contributed by atoms with Gasteiger partial charge in [0.1, 0.15) is 6.04 Å². The van der Waals surface area contributed by atoms with E-state index in [4.69, 9.17) is 26.2 Å². The Bertz CT molecular complexity index is 829. The predicted octanol–water partition coefficient (Wildman–Crippen LogP) is 1.47. The third-order valence-corrected chi connectivity index (χ3v) is 4.33. The molecule has 24 heavy (non-hydrogen) atoms. The van der Waals surface area contributed by atoms with Gasteiger partial charge in [-0.2, -0.15) is 0 Å². The van der Waals surface area contributed by atoms with Gasteiger partial charge in [0.25, 0.3) is 0 Å². The van der Waals surface area contributed by atoms with Crippen molar-refractivity contribution in [2.45, 2.75) is 12.5 Å². The topological polar surface area (TPSA) is 117 Å². The number of aliphatic hydroxyl groups excluding tert-OH is 1. The second-order valence-electron chi connectivity index (χ2n) is 5.69. The number of carbonyl (C=O) groups is 3. The number of ketones is 1. The summed E-state index contributed by atoms with van der Waals surface area (Å²) in [5.41, 5.74) is 0.872. The molecule has 0 bridgehead atoms. The summed E-state index contributed by atoms with van der Waals surface area (Å²) in [5.74, 6) is -3.21. The fourth-order valence-electron chi connectivity index (χ4n) is 2.63. The number of carbonyl (C=O) groups excluding carboxylic acids is 2. The summed E-state index contributed by atoms with van der Waals surface area (Å²) in [7, 11) is 0. The highest BCUT2D eigenvalue weighted by Gasteiger charge is 2.48. The van der Waals surface area contributed by atoms with Crippen molar-refractivity contribution in [1.82, 2.24) is 5.32 Å². The first-order chi connectivity index (χ1) is 11.4. The Morgan fingerprint density at radius 1 is 1.33 bits per heavy atom. The Morgan fingerprint density at radius 2 is 2.08 bits per heavy atom. The quantitative estimate of drug-likeness (QED) is 0.678. The molecule has 1 aromatic heterocycles. The molecule has 1 aliphatic carbocycles. The van der Waals surface area contributed by atoms with Crippen LogP contribution in [0.4, 0.5) is 0 Å². The molecule has 0 radical (unpaired) electrons. The van der Waals surface area contributed by atoms with Gasteiger partial charge in [-0.3, -0.25) is 9.59 Å². The van der Waals surface area contributed by atoms with Gasteiger partial charge in [0.2, 0.25) is 5.91 Å². The van der Waals surface area contributed by atoms with Crippen LogP contribution >= 0.6 is 11.6 Å². The molecule has 1 saturated carbocycles. The number of carboxylic acid groups (broad SMARTS) is 1. The summed E-state index contributed by atoms with van der Waals surface area (Å²) >= 11 is 6.08. The van der Waals surface area contributed by atoms with Crippen molar-refractivity contribution in [2.75, 3.05) is 6.61 Å². The standard InChI is InChI=1S/C16H14ClNO6/c17-11-4-8(3-7-1-2-24-14(7)11)13(20)9-5-10(9)15(21)18-12(6-19)16(22)23/h1-4,9-10,12,19H,5-6H2,(H,18,21)(H,22,23). The molecule has 2 aromatic rings. The van der Waals surface area contributed by atoms with Crippen LogP contribution in [0.5, 0.6) is 0 Å². The fraction of sp³-hybridized carbons (Fsp3) is 0.312. The number of fused-ring (bicyclic) bond motifs is 1. The molecule has 3 atom stereocenters. The van der Waals surface area contributed by atoms with Crippen LogP contribution in [-0.4, -0.2) is 40.5 Å². The maximum atomic E-state index is 12.5. The average molecular weight is 352 g/mol. The molecule has 0 spiro atoms. The normalized spacial score (nSPS) is 20.6. The van der Waals surface area contributed by atoms with E-state index in [0.29, 0.717) is 28.0 Å². The smallest absolute Gasteiger partial charge is 0.328 e. The van der Waals surface area contributed by atoms with Crippen molar-refractivity contribution in [3.63, 3.8) is 0 Å². The van der Waals surface area contributed by atoms with Crippen molar-refractivity contribution in [2.24, 2.45) is 11.8 Å². The summed E-state index contributed by atoms with van der Waals surface area (Å²) < 4.78 is 5.21. The first-order valence-corrected chi connectivity index (χ1v) is 7.65. The number of Topliss-reactive ketones (excluding diaryl/α,β-unsaturated/α-hetero) is 1. The summed E-state index contributed by atoms with van der Waals surface area (Å²) in [4.78, 5) is 35.3. The summed E-state index contributed by atoms with van der Waals surface area (Å²) in [5, 5.41) is 21.0. The van der Waals surface area contributed by atoms with Gasteiger partial charge < -0.3 is 19.9 Å². The Hall–Kier alpha value is -2.38. The van der Waals surface area contributed by atoms with E-state index in [2.05, 4.69) is 5.32 Å². The van der Waals surface area contributed by atoms with Crippen LogP contribution in [0, 0.1) is 11.8 Å². The number of aliphatic hydroxyl groups is 1. The lowest BCUT2D eigenvalue weighted by Gasteiger charge is -2.11. The molecule has 1 amide bonds. The molecular weight excluding hydrogens is 338 g/mol. The highest BCUT2D eigenvalue weighted by Crippen LogP contribution is 2.42. The highest BCUT2D eigenvalue weighted by atomic mass is 35.5. The summed E-state index contributed by atoms with van der Waals surface area (Å²) in [6.07, 6.45) is 1.81. The fourth-order valence-corrected chi connectivity index (χ4v) is 2.90. The van der Waals surface area contributed by atoms with Crippen LogP contribution in [-0.2, 0) is 9.59 Å². The van der Waals surface area contributed by atoms with Crippen molar-refractivity contribution in [3.05, 3.63) is 35.0 Å². The number of benzene rings is 1. The van der Waals surface area contributed by atoms with Crippen LogP contribution in [0.25, 0.3) is 11.0 Å². The van der Waals surface area contributed by atoms with E-state index in [9.17, 15) is 14.4 Å². The van der Waals surface area contributed by atoms with Gasteiger partial charge >= 0.3 is 5.97 Å². The number of hydrogen-bond acceptors (Lipinski definition) is 5. The van der Waals surface area contributed by atoms with Crippen molar-refractivity contribution in [1.29, 1.82) is 0 Å². The molecule has 3 rings (SSSR count). The van der Waals surface area contributed by atoms with E-state index in [1.807, 2.05) is 0 Å². The number of hydrogen-bond donors (Lipinski definition) is 3. The number of amides is 1. The van der Waals surface area contributed by atoms with E-state index in [0.717, 1.165) is 0 Å².